The Morgan fingerprint density at radius 2 is 1.86 bits per heavy atom. The molecule has 3 aromatic carbocycles. The number of amides is 1. The van der Waals surface area contributed by atoms with Crippen molar-refractivity contribution in [1.82, 2.24) is 9.97 Å². The first-order valence-corrected chi connectivity index (χ1v) is 10.4. The first-order valence-electron chi connectivity index (χ1n) is 8.82. The number of benzene rings is 3. The molecule has 0 saturated heterocycles. The van der Waals surface area contributed by atoms with Crippen molar-refractivity contribution in [3.63, 3.8) is 0 Å². The predicted octanol–water partition coefficient (Wildman–Crippen LogP) is 7.00. The average Bonchev–Trinajstić information content (AvgIpc) is 3.29. The van der Waals surface area contributed by atoms with E-state index in [1.54, 1.807) is 6.07 Å². The maximum absolute atomic E-state index is 12.8. The Kier molecular flexibility index (Phi) is 4.51. The average molecular weight is 438 g/mol. The van der Waals surface area contributed by atoms with Gasteiger partial charge in [0.1, 0.15) is 10.7 Å². The third-order valence-corrected chi connectivity index (χ3v) is 6.47. The highest BCUT2D eigenvalue weighted by Crippen LogP contribution is 2.37. The molecule has 1 amide bonds. The third kappa shape index (κ3) is 3.38. The summed E-state index contributed by atoms with van der Waals surface area (Å²) in [5.41, 5.74) is 3.41. The monoisotopic (exact) mass is 437 g/mol. The number of halogens is 2. The quantitative estimate of drug-likeness (QED) is 0.319. The van der Waals surface area contributed by atoms with Crippen molar-refractivity contribution < 1.29 is 4.79 Å². The van der Waals surface area contributed by atoms with Crippen molar-refractivity contribution in [3.8, 4) is 11.4 Å². The minimum Gasteiger partial charge on any atom is -0.338 e. The van der Waals surface area contributed by atoms with Crippen LogP contribution in [0.4, 0.5) is 5.69 Å². The van der Waals surface area contributed by atoms with Gasteiger partial charge in [-0.25, -0.2) is 4.98 Å². The zero-order valence-corrected chi connectivity index (χ0v) is 17.2. The van der Waals surface area contributed by atoms with Crippen molar-refractivity contribution >= 4 is 67.3 Å². The molecule has 0 fully saturated rings. The van der Waals surface area contributed by atoms with Gasteiger partial charge >= 0.3 is 0 Å². The molecule has 0 atom stereocenters. The second kappa shape index (κ2) is 7.19. The smallest absolute Gasteiger partial charge is 0.267 e. The number of aromatic nitrogens is 2. The number of para-hydroxylation sites is 2. The van der Waals surface area contributed by atoms with Gasteiger partial charge in [0.25, 0.3) is 5.91 Å². The van der Waals surface area contributed by atoms with Crippen LogP contribution < -0.4 is 5.32 Å². The van der Waals surface area contributed by atoms with Crippen LogP contribution in [-0.2, 0) is 0 Å². The molecule has 2 heterocycles. The topological polar surface area (TPSA) is 57.8 Å². The van der Waals surface area contributed by atoms with Crippen LogP contribution in [0.2, 0.25) is 10.0 Å². The Bertz CT molecular complexity index is 1360. The zero-order valence-electron chi connectivity index (χ0n) is 14.9. The lowest BCUT2D eigenvalue weighted by molar-refractivity contribution is 0.103. The number of hydrogen-bond acceptors (Lipinski definition) is 3. The van der Waals surface area contributed by atoms with Gasteiger partial charge in [0.15, 0.2) is 0 Å². The van der Waals surface area contributed by atoms with E-state index in [0.717, 1.165) is 32.5 Å². The maximum atomic E-state index is 12.8. The summed E-state index contributed by atoms with van der Waals surface area (Å²) in [6.07, 6.45) is 0. The number of nitrogens with one attached hydrogen (secondary N) is 2. The molecule has 142 valence electrons. The van der Waals surface area contributed by atoms with Crippen molar-refractivity contribution in [2.24, 2.45) is 0 Å². The highest BCUT2D eigenvalue weighted by molar-refractivity contribution is 7.21. The van der Waals surface area contributed by atoms with Crippen LogP contribution in [0.3, 0.4) is 0 Å². The molecule has 29 heavy (non-hydrogen) atoms. The molecule has 5 rings (SSSR count). The molecular weight excluding hydrogens is 425 g/mol. The maximum Gasteiger partial charge on any atom is 0.267 e. The normalized spacial score (nSPS) is 11.2. The fraction of sp³-hybridized carbons (Fsp3) is 0. The number of fused-ring (bicyclic) bond motifs is 2. The standard InChI is InChI=1S/C22H13Cl2N3OS/c23-13-8-9-15-18(11-13)29-20(19(15)24)22(28)25-14-5-3-4-12(10-14)21-26-16-6-1-2-7-17(16)27-21/h1-11H,(H,25,28)(H,26,27). The van der Waals surface area contributed by atoms with Gasteiger partial charge in [-0.2, -0.15) is 0 Å². The Balaban J connectivity index is 1.46. The van der Waals surface area contributed by atoms with Crippen LogP contribution in [0.25, 0.3) is 32.5 Å². The number of hydrogen-bond donors (Lipinski definition) is 2. The molecule has 0 spiro atoms. The van der Waals surface area contributed by atoms with Gasteiger partial charge in [0.2, 0.25) is 0 Å². The van der Waals surface area contributed by atoms with Crippen LogP contribution >= 0.6 is 34.5 Å². The first kappa shape index (κ1) is 18.2. The third-order valence-electron chi connectivity index (χ3n) is 4.58. The van der Waals surface area contributed by atoms with Crippen LogP contribution in [-0.4, -0.2) is 15.9 Å². The van der Waals surface area contributed by atoms with Crippen LogP contribution in [0, 0.1) is 0 Å². The fourth-order valence-electron chi connectivity index (χ4n) is 3.21. The van der Waals surface area contributed by atoms with E-state index in [0.29, 0.717) is 20.6 Å². The number of carbonyl (C=O) groups excluding carboxylic acids is 1. The molecule has 2 N–H and O–H groups in total. The summed E-state index contributed by atoms with van der Waals surface area (Å²) in [4.78, 5) is 21.2. The number of imidazole rings is 1. The SMILES string of the molecule is O=C(Nc1cccc(-c2nc3ccccc3[nH]2)c1)c1sc2cc(Cl)ccc2c1Cl. The molecule has 0 saturated carbocycles. The lowest BCUT2D eigenvalue weighted by atomic mass is 10.2. The largest absolute Gasteiger partial charge is 0.338 e. The molecule has 4 nitrogen and oxygen atoms in total. The van der Waals surface area contributed by atoms with E-state index >= 15 is 0 Å². The molecule has 0 unspecified atom stereocenters. The van der Waals surface area contributed by atoms with Gasteiger partial charge in [-0.15, -0.1) is 11.3 Å². The summed E-state index contributed by atoms with van der Waals surface area (Å²) in [6, 6.07) is 20.8. The summed E-state index contributed by atoms with van der Waals surface area (Å²) in [7, 11) is 0. The van der Waals surface area contributed by atoms with Gasteiger partial charge in [0, 0.05) is 26.4 Å². The van der Waals surface area contributed by atoms with Crippen LogP contribution in [0.15, 0.2) is 66.7 Å². The Morgan fingerprint density at radius 3 is 2.72 bits per heavy atom. The summed E-state index contributed by atoms with van der Waals surface area (Å²) in [6.45, 7) is 0. The van der Waals surface area contributed by atoms with E-state index in [1.165, 1.54) is 11.3 Å². The molecule has 2 aromatic heterocycles. The van der Waals surface area contributed by atoms with Crippen molar-refractivity contribution in [3.05, 3.63) is 81.7 Å². The lowest BCUT2D eigenvalue weighted by Gasteiger charge is -2.06. The van der Waals surface area contributed by atoms with E-state index in [2.05, 4.69) is 15.3 Å². The highest BCUT2D eigenvalue weighted by Gasteiger charge is 2.18. The van der Waals surface area contributed by atoms with E-state index in [-0.39, 0.29) is 5.91 Å². The molecule has 0 aliphatic rings. The number of H-pyrrole nitrogens is 1. The van der Waals surface area contributed by atoms with E-state index in [1.807, 2.05) is 60.7 Å². The minimum atomic E-state index is -0.255. The predicted molar refractivity (Wildman–Crippen MR) is 121 cm³/mol. The molecule has 0 aliphatic carbocycles. The number of carbonyl (C=O) groups is 1. The van der Waals surface area contributed by atoms with Gasteiger partial charge < -0.3 is 10.3 Å². The second-order valence-corrected chi connectivity index (χ2v) is 8.39. The van der Waals surface area contributed by atoms with Crippen LogP contribution in [0.5, 0.6) is 0 Å². The molecular formula is C22H13Cl2N3OS. The van der Waals surface area contributed by atoms with Crippen molar-refractivity contribution in [2.75, 3.05) is 5.32 Å². The number of nitrogens with zero attached hydrogens (tertiary/aromatic N) is 1. The summed E-state index contributed by atoms with van der Waals surface area (Å²) in [5, 5.41) is 4.80. The first-order chi connectivity index (χ1) is 14.1. The molecule has 7 heteroatoms. The van der Waals surface area contributed by atoms with E-state index in [4.69, 9.17) is 23.2 Å². The molecule has 0 radical (unpaired) electrons. The highest BCUT2D eigenvalue weighted by atomic mass is 35.5. The second-order valence-electron chi connectivity index (χ2n) is 6.52. The van der Waals surface area contributed by atoms with Crippen molar-refractivity contribution in [1.29, 1.82) is 0 Å². The Labute approximate surface area is 180 Å². The fourth-order valence-corrected chi connectivity index (χ4v) is 4.89. The van der Waals surface area contributed by atoms with Crippen molar-refractivity contribution in [2.45, 2.75) is 0 Å². The van der Waals surface area contributed by atoms with E-state index < -0.39 is 0 Å². The molecule has 0 aliphatic heterocycles. The minimum absolute atomic E-state index is 0.255. The summed E-state index contributed by atoms with van der Waals surface area (Å²) in [5.74, 6) is 0.492. The lowest BCUT2D eigenvalue weighted by Crippen LogP contribution is -2.10. The number of anilines is 1. The Morgan fingerprint density at radius 1 is 1.00 bits per heavy atom. The number of rotatable bonds is 3. The molecule has 5 aromatic rings. The van der Waals surface area contributed by atoms with Gasteiger partial charge in [-0.1, -0.05) is 53.5 Å². The van der Waals surface area contributed by atoms with E-state index in [9.17, 15) is 4.79 Å². The zero-order chi connectivity index (χ0) is 20.0. The number of aromatic amines is 1. The van der Waals surface area contributed by atoms with Gasteiger partial charge in [-0.05, 0) is 36.4 Å². The van der Waals surface area contributed by atoms with Crippen LogP contribution in [0.1, 0.15) is 9.67 Å². The van der Waals surface area contributed by atoms with Gasteiger partial charge in [0.05, 0.1) is 16.1 Å². The number of thiophene rings is 1. The molecule has 0 bridgehead atoms. The van der Waals surface area contributed by atoms with Gasteiger partial charge in [-0.3, -0.25) is 4.79 Å². The Hall–Kier alpha value is -2.86. The summed E-state index contributed by atoms with van der Waals surface area (Å²) < 4.78 is 0.878. The summed E-state index contributed by atoms with van der Waals surface area (Å²) >= 11 is 13.8.